The summed E-state index contributed by atoms with van der Waals surface area (Å²) in [6.07, 6.45) is 1.82. The Balaban J connectivity index is 1.27. The highest BCUT2D eigenvalue weighted by Crippen LogP contribution is 2.44. The smallest absolute Gasteiger partial charge is 0.407 e. The van der Waals surface area contributed by atoms with Crippen molar-refractivity contribution in [2.45, 2.75) is 25.2 Å². The maximum atomic E-state index is 12.4. The fraction of sp³-hybridized carbons (Fsp3) is 0.346. The minimum absolute atomic E-state index is 0.0000636. The first-order chi connectivity index (χ1) is 16.0. The number of rotatable bonds is 8. The molecule has 2 aliphatic carbocycles. The Morgan fingerprint density at radius 1 is 1.00 bits per heavy atom. The summed E-state index contributed by atoms with van der Waals surface area (Å²) in [4.78, 5) is 35.0. The predicted octanol–water partition coefficient (Wildman–Crippen LogP) is 3.15. The highest BCUT2D eigenvalue weighted by Gasteiger charge is 2.33. The summed E-state index contributed by atoms with van der Waals surface area (Å²) in [5.74, 6) is 3.30. The van der Waals surface area contributed by atoms with Crippen LogP contribution in [0.5, 0.6) is 0 Å². The van der Waals surface area contributed by atoms with Gasteiger partial charge in [0.25, 0.3) is 0 Å². The van der Waals surface area contributed by atoms with E-state index in [4.69, 9.17) is 9.84 Å². The van der Waals surface area contributed by atoms with Crippen molar-refractivity contribution in [3.05, 3.63) is 59.7 Å². The minimum atomic E-state index is -1.23. The van der Waals surface area contributed by atoms with Crippen LogP contribution in [0.1, 0.15) is 36.3 Å². The van der Waals surface area contributed by atoms with Crippen molar-refractivity contribution < 1.29 is 24.2 Å². The summed E-state index contributed by atoms with van der Waals surface area (Å²) >= 11 is 0. The number of fused-ring (bicyclic) bond motifs is 3. The molecule has 1 saturated carbocycles. The van der Waals surface area contributed by atoms with Crippen LogP contribution >= 0.6 is 0 Å². The van der Waals surface area contributed by atoms with Gasteiger partial charge in [-0.15, -0.1) is 0 Å². The van der Waals surface area contributed by atoms with E-state index >= 15 is 0 Å². The number of amides is 2. The van der Waals surface area contributed by atoms with Crippen molar-refractivity contribution in [1.82, 2.24) is 10.6 Å². The van der Waals surface area contributed by atoms with Crippen LogP contribution in [0, 0.1) is 23.7 Å². The number of nitrogens with one attached hydrogen (secondary N) is 2. The molecule has 0 aromatic heterocycles. The zero-order valence-electron chi connectivity index (χ0n) is 18.2. The van der Waals surface area contributed by atoms with Gasteiger partial charge in [0, 0.05) is 24.8 Å². The van der Waals surface area contributed by atoms with Crippen LogP contribution in [-0.4, -0.2) is 42.8 Å². The Morgan fingerprint density at radius 3 is 2.24 bits per heavy atom. The average Bonchev–Trinajstić information content (AvgIpc) is 3.61. The molecule has 1 unspecified atom stereocenters. The maximum Gasteiger partial charge on any atom is 0.407 e. The van der Waals surface area contributed by atoms with Gasteiger partial charge in [-0.25, -0.2) is 9.59 Å². The molecule has 0 heterocycles. The molecule has 170 valence electrons. The van der Waals surface area contributed by atoms with Crippen molar-refractivity contribution in [3.63, 3.8) is 0 Å². The van der Waals surface area contributed by atoms with Gasteiger partial charge in [-0.05, 0) is 46.9 Å². The van der Waals surface area contributed by atoms with E-state index in [1.165, 1.54) is 11.1 Å². The summed E-state index contributed by atoms with van der Waals surface area (Å²) in [5, 5.41) is 13.9. The van der Waals surface area contributed by atoms with Gasteiger partial charge in [0.2, 0.25) is 5.91 Å². The van der Waals surface area contributed by atoms with Crippen LogP contribution in [0.4, 0.5) is 4.79 Å². The molecule has 1 fully saturated rings. The van der Waals surface area contributed by atoms with Gasteiger partial charge in [-0.1, -0.05) is 54.5 Å². The third kappa shape index (κ3) is 5.72. The Labute approximate surface area is 192 Å². The molecular formula is C26H26N2O5. The summed E-state index contributed by atoms with van der Waals surface area (Å²) < 4.78 is 5.57. The van der Waals surface area contributed by atoms with E-state index in [1.54, 1.807) is 0 Å². The van der Waals surface area contributed by atoms with Gasteiger partial charge in [0.1, 0.15) is 6.61 Å². The zero-order valence-corrected chi connectivity index (χ0v) is 18.2. The molecule has 0 aliphatic heterocycles. The molecule has 7 nitrogen and oxygen atoms in total. The lowest BCUT2D eigenvalue weighted by Crippen LogP contribution is -2.35. The SMILES string of the molecule is O=C(O)C#CCNC(=O)CC(CNC(=O)OCC1c2ccccc2-c2ccccc21)C1CC1. The predicted molar refractivity (Wildman–Crippen MR) is 122 cm³/mol. The minimum Gasteiger partial charge on any atom is -0.472 e. The Morgan fingerprint density at radius 2 is 1.64 bits per heavy atom. The van der Waals surface area contributed by atoms with Crippen LogP contribution in [0.15, 0.2) is 48.5 Å². The number of hydrogen-bond acceptors (Lipinski definition) is 4. The van der Waals surface area contributed by atoms with E-state index in [9.17, 15) is 14.4 Å². The Bertz CT molecular complexity index is 1070. The molecule has 2 aromatic rings. The first-order valence-electron chi connectivity index (χ1n) is 11.1. The molecule has 7 heteroatoms. The van der Waals surface area contributed by atoms with Gasteiger partial charge in [-0.3, -0.25) is 4.79 Å². The van der Waals surface area contributed by atoms with Crippen molar-refractivity contribution in [2.24, 2.45) is 11.8 Å². The van der Waals surface area contributed by atoms with E-state index in [1.807, 2.05) is 30.2 Å². The number of hydrogen-bond donors (Lipinski definition) is 3. The van der Waals surface area contributed by atoms with Gasteiger partial charge >= 0.3 is 12.1 Å². The van der Waals surface area contributed by atoms with E-state index in [-0.39, 0.29) is 37.3 Å². The number of benzene rings is 2. The van der Waals surface area contributed by atoms with Crippen LogP contribution in [0.25, 0.3) is 11.1 Å². The molecule has 2 aliphatic rings. The molecule has 0 spiro atoms. The number of ether oxygens (including phenoxy) is 1. The number of carboxylic acids is 1. The average molecular weight is 447 g/mol. The molecule has 33 heavy (non-hydrogen) atoms. The molecule has 2 aromatic carbocycles. The topological polar surface area (TPSA) is 105 Å². The van der Waals surface area contributed by atoms with Crippen LogP contribution in [0.3, 0.4) is 0 Å². The number of alkyl carbamates (subject to hydrolysis) is 1. The second-order valence-electron chi connectivity index (χ2n) is 8.39. The van der Waals surface area contributed by atoms with Crippen molar-refractivity contribution >= 4 is 18.0 Å². The van der Waals surface area contributed by atoms with Crippen molar-refractivity contribution in [2.75, 3.05) is 19.7 Å². The summed E-state index contributed by atoms with van der Waals surface area (Å²) in [7, 11) is 0. The number of carboxylic acid groups (broad SMARTS) is 1. The van der Waals surface area contributed by atoms with Gasteiger partial charge in [-0.2, -0.15) is 0 Å². The highest BCUT2D eigenvalue weighted by molar-refractivity contribution is 5.86. The molecule has 1 atom stereocenters. The summed E-state index contributed by atoms with van der Waals surface area (Å²) in [6.45, 7) is 0.592. The second kappa shape index (κ2) is 10.2. The van der Waals surface area contributed by atoms with Crippen molar-refractivity contribution in [1.29, 1.82) is 0 Å². The summed E-state index contributed by atoms with van der Waals surface area (Å²) in [5.41, 5.74) is 4.67. The van der Waals surface area contributed by atoms with Crippen LogP contribution < -0.4 is 10.6 Å². The summed E-state index contributed by atoms with van der Waals surface area (Å²) in [6, 6.07) is 16.3. The molecular weight excluding hydrogens is 420 g/mol. The van der Waals surface area contributed by atoms with E-state index in [0.717, 1.165) is 24.0 Å². The van der Waals surface area contributed by atoms with Gasteiger partial charge in [0.15, 0.2) is 0 Å². The van der Waals surface area contributed by atoms with E-state index in [0.29, 0.717) is 12.5 Å². The van der Waals surface area contributed by atoms with Gasteiger partial charge in [0.05, 0.1) is 6.54 Å². The molecule has 4 rings (SSSR count). The van der Waals surface area contributed by atoms with E-state index < -0.39 is 12.1 Å². The molecule has 0 saturated heterocycles. The lowest BCUT2D eigenvalue weighted by Gasteiger charge is -2.18. The highest BCUT2D eigenvalue weighted by atomic mass is 16.5. The molecule has 0 bridgehead atoms. The Kier molecular flexibility index (Phi) is 6.94. The lowest BCUT2D eigenvalue weighted by atomic mass is 9.98. The molecule has 0 radical (unpaired) electrons. The normalized spacial score (nSPS) is 14.8. The largest absolute Gasteiger partial charge is 0.472 e. The molecule has 3 N–H and O–H groups in total. The van der Waals surface area contributed by atoms with Crippen molar-refractivity contribution in [3.8, 4) is 23.0 Å². The quantitative estimate of drug-likeness (QED) is 0.541. The number of carbonyl (C=O) groups excluding carboxylic acids is 2. The Hall–Kier alpha value is -3.79. The zero-order chi connectivity index (χ0) is 23.2. The number of aliphatic carboxylic acids is 1. The fourth-order valence-electron chi connectivity index (χ4n) is 4.41. The maximum absolute atomic E-state index is 12.4. The van der Waals surface area contributed by atoms with Gasteiger partial charge < -0.3 is 20.5 Å². The second-order valence-corrected chi connectivity index (χ2v) is 8.39. The first-order valence-corrected chi connectivity index (χ1v) is 11.1. The van der Waals surface area contributed by atoms with Crippen LogP contribution in [0.2, 0.25) is 0 Å². The van der Waals surface area contributed by atoms with Crippen LogP contribution in [-0.2, 0) is 14.3 Å². The number of carbonyl (C=O) groups is 3. The fourth-order valence-corrected chi connectivity index (χ4v) is 4.41. The first kappa shape index (κ1) is 22.4. The molecule has 2 amide bonds. The van der Waals surface area contributed by atoms with E-state index in [2.05, 4.69) is 40.8 Å². The standard InChI is InChI=1S/C26H26N2O5/c29-24(27-13-5-10-25(30)31)14-18(17-11-12-17)15-28-26(32)33-16-23-21-8-3-1-6-19(21)20-7-2-4-9-22(20)23/h1-4,6-9,17-18,23H,11-16H2,(H,27,29)(H,28,32)(H,30,31). The third-order valence-electron chi connectivity index (χ3n) is 6.16. The monoisotopic (exact) mass is 446 g/mol. The lowest BCUT2D eigenvalue weighted by molar-refractivity contribution is -0.130. The third-order valence-corrected chi connectivity index (χ3v) is 6.16.